The molecule has 2 saturated heterocycles. The maximum Gasteiger partial charge on any atom is 0.263 e. The number of fused-ring (bicyclic) bond motifs is 1. The molecule has 5 heteroatoms. The predicted molar refractivity (Wildman–Crippen MR) is 72.4 cm³/mol. The lowest BCUT2D eigenvalue weighted by atomic mass is 9.93. The Hall–Kier alpha value is -0.390. The van der Waals surface area contributed by atoms with Crippen molar-refractivity contribution < 1.29 is 4.79 Å². The number of halogens is 1. The van der Waals surface area contributed by atoms with E-state index in [1.807, 2.05) is 17.0 Å². The third kappa shape index (κ3) is 2.28. The zero-order valence-electron chi connectivity index (χ0n) is 9.49. The first-order chi connectivity index (χ1) is 8.24. The summed E-state index contributed by atoms with van der Waals surface area (Å²) in [5, 5.41) is 3.52. The van der Waals surface area contributed by atoms with Crippen LogP contribution >= 0.6 is 27.3 Å². The van der Waals surface area contributed by atoms with Crippen LogP contribution in [0.3, 0.4) is 0 Å². The molecule has 1 N–H and O–H groups in total. The molecule has 0 bridgehead atoms. The van der Waals surface area contributed by atoms with Crippen molar-refractivity contribution >= 4 is 33.2 Å². The molecular formula is C12H15BrN2OS. The van der Waals surface area contributed by atoms with Gasteiger partial charge in [0.15, 0.2) is 0 Å². The van der Waals surface area contributed by atoms with E-state index in [2.05, 4.69) is 21.2 Å². The fourth-order valence-corrected chi connectivity index (χ4v) is 4.17. The Morgan fingerprint density at radius 3 is 3.12 bits per heavy atom. The van der Waals surface area contributed by atoms with Gasteiger partial charge < -0.3 is 10.2 Å². The lowest BCUT2D eigenvalue weighted by Gasteiger charge is -2.34. The zero-order chi connectivity index (χ0) is 11.8. The summed E-state index contributed by atoms with van der Waals surface area (Å²) in [5.74, 6) is 0.863. The molecule has 17 heavy (non-hydrogen) atoms. The van der Waals surface area contributed by atoms with Crippen LogP contribution in [0.25, 0.3) is 0 Å². The largest absolute Gasteiger partial charge is 0.338 e. The number of hydrogen-bond acceptors (Lipinski definition) is 3. The van der Waals surface area contributed by atoms with Crippen molar-refractivity contribution in [2.75, 3.05) is 19.6 Å². The monoisotopic (exact) mass is 314 g/mol. The van der Waals surface area contributed by atoms with Crippen molar-refractivity contribution in [2.24, 2.45) is 5.92 Å². The Morgan fingerprint density at radius 2 is 2.35 bits per heavy atom. The minimum atomic E-state index is 0.200. The molecule has 1 aromatic heterocycles. The molecule has 0 saturated carbocycles. The minimum Gasteiger partial charge on any atom is -0.338 e. The number of amides is 1. The number of likely N-dealkylation sites (tertiary alicyclic amines) is 1. The molecule has 3 heterocycles. The highest BCUT2D eigenvalue weighted by molar-refractivity contribution is 9.11. The summed E-state index contributed by atoms with van der Waals surface area (Å²) in [7, 11) is 0. The second-order valence-electron chi connectivity index (χ2n) is 4.75. The van der Waals surface area contributed by atoms with Crippen LogP contribution in [-0.4, -0.2) is 36.5 Å². The fraction of sp³-hybridized carbons (Fsp3) is 0.583. The van der Waals surface area contributed by atoms with Crippen LogP contribution in [0.2, 0.25) is 0 Å². The average molecular weight is 315 g/mol. The molecular weight excluding hydrogens is 300 g/mol. The molecule has 3 nitrogen and oxygen atoms in total. The molecule has 3 rings (SSSR count). The van der Waals surface area contributed by atoms with Crippen LogP contribution in [0.1, 0.15) is 22.5 Å². The molecule has 2 fully saturated rings. The first-order valence-corrected chi connectivity index (χ1v) is 7.63. The van der Waals surface area contributed by atoms with E-state index < -0.39 is 0 Å². The summed E-state index contributed by atoms with van der Waals surface area (Å²) in [4.78, 5) is 15.2. The summed E-state index contributed by atoms with van der Waals surface area (Å²) >= 11 is 4.93. The Morgan fingerprint density at radius 1 is 1.47 bits per heavy atom. The van der Waals surface area contributed by atoms with E-state index in [1.165, 1.54) is 17.8 Å². The second-order valence-corrected chi connectivity index (χ2v) is 7.22. The molecule has 0 spiro atoms. The van der Waals surface area contributed by atoms with Gasteiger partial charge in [0.05, 0.1) is 8.66 Å². The summed E-state index contributed by atoms with van der Waals surface area (Å²) in [6.45, 7) is 2.93. The lowest BCUT2D eigenvalue weighted by Crippen LogP contribution is -2.46. The van der Waals surface area contributed by atoms with E-state index >= 15 is 0 Å². The smallest absolute Gasteiger partial charge is 0.263 e. The third-order valence-electron chi connectivity index (χ3n) is 3.73. The van der Waals surface area contributed by atoms with Crippen molar-refractivity contribution in [2.45, 2.75) is 18.9 Å². The van der Waals surface area contributed by atoms with Crippen molar-refractivity contribution in [3.63, 3.8) is 0 Å². The van der Waals surface area contributed by atoms with E-state index in [9.17, 15) is 4.79 Å². The Balaban J connectivity index is 1.70. The van der Waals surface area contributed by atoms with E-state index in [4.69, 9.17) is 0 Å². The fourth-order valence-electron chi connectivity index (χ4n) is 2.82. The molecule has 2 aliphatic heterocycles. The molecule has 1 amide bonds. The number of hydrogen-bond donors (Lipinski definition) is 1. The van der Waals surface area contributed by atoms with Crippen molar-refractivity contribution in [1.82, 2.24) is 10.2 Å². The van der Waals surface area contributed by atoms with E-state index in [-0.39, 0.29) is 5.91 Å². The summed E-state index contributed by atoms with van der Waals surface area (Å²) in [6.07, 6.45) is 2.31. The highest BCUT2D eigenvalue weighted by atomic mass is 79.9. The van der Waals surface area contributed by atoms with Crippen molar-refractivity contribution in [3.8, 4) is 0 Å². The number of rotatable bonds is 1. The second kappa shape index (κ2) is 4.71. The normalized spacial score (nSPS) is 28.2. The van der Waals surface area contributed by atoms with Gasteiger partial charge in [0, 0.05) is 19.1 Å². The number of nitrogens with zero attached hydrogens (tertiary/aromatic N) is 1. The van der Waals surface area contributed by atoms with E-state index in [1.54, 1.807) is 0 Å². The first-order valence-electron chi connectivity index (χ1n) is 6.02. The highest BCUT2D eigenvalue weighted by Gasteiger charge is 2.34. The minimum absolute atomic E-state index is 0.200. The third-order valence-corrected chi connectivity index (χ3v) is 5.34. The van der Waals surface area contributed by atoms with Gasteiger partial charge in [-0.15, -0.1) is 11.3 Å². The van der Waals surface area contributed by atoms with Gasteiger partial charge in [0.1, 0.15) is 0 Å². The lowest BCUT2D eigenvalue weighted by molar-refractivity contribution is 0.0667. The predicted octanol–water partition coefficient (Wildman–Crippen LogP) is 2.33. The molecule has 1 aromatic rings. The summed E-state index contributed by atoms with van der Waals surface area (Å²) in [6, 6.07) is 4.51. The van der Waals surface area contributed by atoms with Gasteiger partial charge in [-0.05, 0) is 53.4 Å². The van der Waals surface area contributed by atoms with Crippen LogP contribution in [0.15, 0.2) is 15.9 Å². The van der Waals surface area contributed by atoms with Gasteiger partial charge in [-0.1, -0.05) is 0 Å². The maximum atomic E-state index is 12.3. The van der Waals surface area contributed by atoms with Crippen LogP contribution in [-0.2, 0) is 0 Å². The average Bonchev–Trinajstić information content (AvgIpc) is 2.95. The van der Waals surface area contributed by atoms with Crippen molar-refractivity contribution in [3.05, 3.63) is 20.8 Å². The van der Waals surface area contributed by atoms with Crippen LogP contribution in [0, 0.1) is 5.92 Å². The van der Waals surface area contributed by atoms with E-state index in [0.29, 0.717) is 12.0 Å². The Kier molecular flexibility index (Phi) is 3.23. The number of piperidine rings is 1. The number of thiophene rings is 1. The molecule has 0 aromatic carbocycles. The summed E-state index contributed by atoms with van der Waals surface area (Å²) in [5.41, 5.74) is 0. The quantitative estimate of drug-likeness (QED) is 0.863. The first kappa shape index (κ1) is 11.7. The van der Waals surface area contributed by atoms with Gasteiger partial charge in [-0.25, -0.2) is 0 Å². The van der Waals surface area contributed by atoms with Gasteiger partial charge in [0.25, 0.3) is 5.91 Å². The molecule has 92 valence electrons. The van der Waals surface area contributed by atoms with Gasteiger partial charge in [0.2, 0.25) is 0 Å². The molecule has 2 aliphatic rings. The van der Waals surface area contributed by atoms with Gasteiger partial charge in [-0.3, -0.25) is 4.79 Å². The molecule has 2 atom stereocenters. The number of nitrogens with one attached hydrogen (secondary N) is 1. The Labute approximate surface area is 113 Å². The maximum absolute atomic E-state index is 12.3. The molecule has 2 unspecified atom stereocenters. The van der Waals surface area contributed by atoms with Crippen LogP contribution < -0.4 is 5.32 Å². The zero-order valence-corrected chi connectivity index (χ0v) is 11.9. The highest BCUT2D eigenvalue weighted by Crippen LogP contribution is 2.28. The SMILES string of the molecule is O=C(c1ccc(Br)s1)N1CCC2NCCC2C1. The number of carbonyl (C=O) groups is 1. The van der Waals surface area contributed by atoms with E-state index in [0.717, 1.165) is 34.7 Å². The molecule has 0 aliphatic carbocycles. The standard InChI is InChI=1S/C12H15BrN2OS/c13-11-2-1-10(17-11)12(16)15-6-4-9-8(7-15)3-5-14-9/h1-2,8-9,14H,3-7H2. The molecule has 0 radical (unpaired) electrons. The topological polar surface area (TPSA) is 32.3 Å². The van der Waals surface area contributed by atoms with Crippen LogP contribution in [0.5, 0.6) is 0 Å². The summed E-state index contributed by atoms with van der Waals surface area (Å²) < 4.78 is 1.03. The van der Waals surface area contributed by atoms with Gasteiger partial charge >= 0.3 is 0 Å². The number of carbonyl (C=O) groups excluding carboxylic acids is 1. The Bertz CT molecular complexity index is 434. The van der Waals surface area contributed by atoms with Crippen molar-refractivity contribution in [1.29, 1.82) is 0 Å². The van der Waals surface area contributed by atoms with Crippen LogP contribution in [0.4, 0.5) is 0 Å². The van der Waals surface area contributed by atoms with Gasteiger partial charge in [-0.2, -0.15) is 0 Å².